The number of benzene rings is 1. The number of carbonyl (C=O) groups excluding carboxylic acids is 2. The van der Waals surface area contributed by atoms with Gasteiger partial charge in [0, 0.05) is 38.3 Å². The van der Waals surface area contributed by atoms with Crippen molar-refractivity contribution >= 4 is 11.8 Å². The zero-order valence-electron chi connectivity index (χ0n) is 15.5. The molecule has 3 saturated heterocycles. The molecule has 2 amide bonds. The molecular weight excluding hydrogens is 338 g/mol. The molecule has 2 bridgehead atoms. The number of fused-ring (bicyclic) bond motifs is 4. The lowest BCUT2D eigenvalue weighted by Crippen LogP contribution is -2.47. The van der Waals surface area contributed by atoms with Crippen LogP contribution in [-0.4, -0.2) is 52.3 Å². The maximum Gasteiger partial charge on any atom is 0.272 e. The van der Waals surface area contributed by atoms with Crippen LogP contribution in [0.5, 0.6) is 0 Å². The average molecular weight is 363 g/mol. The minimum absolute atomic E-state index is 0.0221. The minimum atomic E-state index is -0.0221. The van der Waals surface area contributed by atoms with Crippen molar-refractivity contribution in [1.29, 1.82) is 0 Å². The molecule has 2 aromatic rings. The van der Waals surface area contributed by atoms with Crippen molar-refractivity contribution in [3.63, 3.8) is 0 Å². The number of aryl methyl sites for hydroxylation is 1. The van der Waals surface area contributed by atoms with Crippen LogP contribution >= 0.6 is 0 Å². The van der Waals surface area contributed by atoms with Gasteiger partial charge in [0.2, 0.25) is 5.91 Å². The first-order valence-electron chi connectivity index (χ1n) is 9.74. The Bertz CT molecular complexity index is 794. The summed E-state index contributed by atoms with van der Waals surface area (Å²) in [5.41, 5.74) is 1.68. The Morgan fingerprint density at radius 1 is 0.963 bits per heavy atom. The Balaban J connectivity index is 1.42. The molecule has 0 aliphatic carbocycles. The number of piperidine rings is 1. The zero-order chi connectivity index (χ0) is 18.6. The molecule has 3 aliphatic rings. The molecule has 0 spiro atoms. The van der Waals surface area contributed by atoms with Crippen LogP contribution in [0, 0.1) is 5.92 Å². The smallest absolute Gasteiger partial charge is 0.272 e. The first-order valence-corrected chi connectivity index (χ1v) is 9.74. The van der Waals surface area contributed by atoms with Gasteiger partial charge in [-0.05, 0) is 42.9 Å². The quantitative estimate of drug-likeness (QED) is 0.839. The highest BCUT2D eigenvalue weighted by Crippen LogP contribution is 2.29. The molecule has 2 atom stereocenters. The van der Waals surface area contributed by atoms with Gasteiger partial charge < -0.3 is 9.80 Å². The molecule has 27 heavy (non-hydrogen) atoms. The van der Waals surface area contributed by atoms with Gasteiger partial charge in [0.15, 0.2) is 0 Å². The predicted octanol–water partition coefficient (Wildman–Crippen LogP) is 2.78. The van der Waals surface area contributed by atoms with Crippen molar-refractivity contribution in [3.8, 4) is 0 Å². The lowest BCUT2D eigenvalue weighted by molar-refractivity contribution is -0.135. The van der Waals surface area contributed by atoms with Crippen LogP contribution in [0.4, 0.5) is 0 Å². The Kier molecular flexibility index (Phi) is 5.19. The van der Waals surface area contributed by atoms with Gasteiger partial charge in [-0.1, -0.05) is 36.4 Å². The highest BCUT2D eigenvalue weighted by atomic mass is 16.2. The van der Waals surface area contributed by atoms with Gasteiger partial charge in [0.25, 0.3) is 5.91 Å². The summed E-state index contributed by atoms with van der Waals surface area (Å²) < 4.78 is 0. The number of nitrogens with zero attached hydrogens (tertiary/aromatic N) is 3. The van der Waals surface area contributed by atoms with E-state index in [9.17, 15) is 9.59 Å². The number of carbonyl (C=O) groups is 2. The molecule has 3 fully saturated rings. The van der Waals surface area contributed by atoms with Crippen LogP contribution < -0.4 is 0 Å². The van der Waals surface area contributed by atoms with Crippen molar-refractivity contribution in [2.24, 2.45) is 5.92 Å². The molecule has 0 saturated carbocycles. The monoisotopic (exact) mass is 363 g/mol. The summed E-state index contributed by atoms with van der Waals surface area (Å²) in [4.78, 5) is 33.8. The van der Waals surface area contributed by atoms with E-state index < -0.39 is 0 Å². The van der Waals surface area contributed by atoms with E-state index in [-0.39, 0.29) is 17.9 Å². The van der Waals surface area contributed by atoms with Crippen LogP contribution in [0.15, 0.2) is 54.7 Å². The van der Waals surface area contributed by atoms with E-state index in [1.165, 1.54) is 5.56 Å². The van der Waals surface area contributed by atoms with E-state index in [4.69, 9.17) is 0 Å². The van der Waals surface area contributed by atoms with Gasteiger partial charge in [-0.3, -0.25) is 14.6 Å². The van der Waals surface area contributed by atoms with E-state index in [2.05, 4.69) is 17.1 Å². The highest BCUT2D eigenvalue weighted by molar-refractivity contribution is 5.92. The second kappa shape index (κ2) is 7.91. The predicted molar refractivity (Wildman–Crippen MR) is 103 cm³/mol. The van der Waals surface area contributed by atoms with E-state index in [0.29, 0.717) is 31.1 Å². The largest absolute Gasteiger partial charge is 0.338 e. The highest BCUT2D eigenvalue weighted by Gasteiger charge is 2.38. The number of hydrogen-bond donors (Lipinski definition) is 0. The molecule has 0 radical (unpaired) electrons. The lowest BCUT2D eigenvalue weighted by Gasteiger charge is -2.36. The van der Waals surface area contributed by atoms with Crippen LogP contribution in [0.25, 0.3) is 0 Å². The molecule has 0 N–H and O–H groups in total. The molecular formula is C22H25N3O2. The van der Waals surface area contributed by atoms with Gasteiger partial charge in [0.1, 0.15) is 5.69 Å². The summed E-state index contributed by atoms with van der Waals surface area (Å²) >= 11 is 0. The summed E-state index contributed by atoms with van der Waals surface area (Å²) in [5.74, 6) is 0.545. The normalized spacial score (nSPS) is 21.8. The number of aromatic nitrogens is 1. The van der Waals surface area contributed by atoms with Crippen LogP contribution in [0.1, 0.15) is 35.3 Å². The zero-order valence-corrected chi connectivity index (χ0v) is 15.5. The van der Waals surface area contributed by atoms with Crippen molar-refractivity contribution in [2.45, 2.75) is 31.7 Å². The van der Waals surface area contributed by atoms with Gasteiger partial charge in [-0.2, -0.15) is 0 Å². The SMILES string of the molecule is O=C(c1ccccn1)N1C[C@H]2CC[C@@H](C1)N(C(=O)CCc1ccccc1)C2. The third-order valence-electron chi connectivity index (χ3n) is 5.68. The Morgan fingerprint density at radius 2 is 1.78 bits per heavy atom. The minimum Gasteiger partial charge on any atom is -0.338 e. The number of rotatable bonds is 4. The first-order chi connectivity index (χ1) is 13.2. The van der Waals surface area contributed by atoms with Crippen LogP contribution in [0.2, 0.25) is 0 Å². The molecule has 140 valence electrons. The lowest BCUT2D eigenvalue weighted by atomic mass is 9.94. The standard InChI is InChI=1S/C22H25N3O2/c26-21(12-10-17-6-2-1-3-7-17)25-15-18-9-11-19(25)16-24(14-18)22(27)20-8-4-5-13-23-20/h1-8,13,18-19H,9-12,14-16H2/t18-,19+/m1/s1. The van der Waals surface area contributed by atoms with Gasteiger partial charge in [0.05, 0.1) is 0 Å². The second-order valence-electron chi connectivity index (χ2n) is 7.55. The molecule has 4 heterocycles. The summed E-state index contributed by atoms with van der Waals surface area (Å²) in [6.07, 6.45) is 5.01. The number of amides is 2. The molecule has 5 nitrogen and oxygen atoms in total. The molecule has 0 unspecified atom stereocenters. The van der Waals surface area contributed by atoms with E-state index in [1.54, 1.807) is 12.3 Å². The Hall–Kier alpha value is -2.69. The molecule has 5 rings (SSSR count). The average Bonchev–Trinajstić information content (AvgIpc) is 3.05. The van der Waals surface area contributed by atoms with Crippen molar-refractivity contribution in [3.05, 3.63) is 66.0 Å². The maximum absolute atomic E-state index is 12.9. The van der Waals surface area contributed by atoms with Gasteiger partial charge in [-0.15, -0.1) is 0 Å². The Morgan fingerprint density at radius 3 is 2.56 bits per heavy atom. The first kappa shape index (κ1) is 17.7. The summed E-state index contributed by atoms with van der Waals surface area (Å²) in [7, 11) is 0. The topological polar surface area (TPSA) is 53.5 Å². The fourth-order valence-corrected chi connectivity index (χ4v) is 4.24. The molecule has 1 aromatic heterocycles. The third-order valence-corrected chi connectivity index (χ3v) is 5.68. The molecule has 1 aromatic carbocycles. The van der Waals surface area contributed by atoms with E-state index in [1.807, 2.05) is 40.1 Å². The summed E-state index contributed by atoms with van der Waals surface area (Å²) in [6, 6.07) is 15.7. The number of hydrogen-bond acceptors (Lipinski definition) is 3. The second-order valence-corrected chi connectivity index (χ2v) is 7.55. The van der Waals surface area contributed by atoms with Gasteiger partial charge >= 0.3 is 0 Å². The van der Waals surface area contributed by atoms with Crippen molar-refractivity contribution in [1.82, 2.24) is 14.8 Å². The molecule has 5 heteroatoms. The van der Waals surface area contributed by atoms with Crippen molar-refractivity contribution < 1.29 is 9.59 Å². The van der Waals surface area contributed by atoms with Crippen molar-refractivity contribution in [2.75, 3.05) is 19.6 Å². The van der Waals surface area contributed by atoms with E-state index in [0.717, 1.165) is 25.8 Å². The third kappa shape index (κ3) is 4.02. The summed E-state index contributed by atoms with van der Waals surface area (Å²) in [5, 5.41) is 0. The van der Waals surface area contributed by atoms with Crippen LogP contribution in [-0.2, 0) is 11.2 Å². The van der Waals surface area contributed by atoms with E-state index >= 15 is 0 Å². The molecule has 3 aliphatic heterocycles. The maximum atomic E-state index is 12.9. The van der Waals surface area contributed by atoms with Crippen LogP contribution in [0.3, 0.4) is 0 Å². The van der Waals surface area contributed by atoms with Gasteiger partial charge in [-0.25, -0.2) is 0 Å². The fraction of sp³-hybridized carbons (Fsp3) is 0.409. The number of pyridine rings is 1. The fourth-order valence-electron chi connectivity index (χ4n) is 4.24. The Labute approximate surface area is 160 Å². The summed E-state index contributed by atoms with van der Waals surface area (Å²) in [6.45, 7) is 2.10.